The molecule has 0 aromatic heterocycles. The lowest BCUT2D eigenvalue weighted by atomic mass is 10.1. The van der Waals surface area contributed by atoms with E-state index in [4.69, 9.17) is 5.11 Å². The second-order valence-corrected chi connectivity index (χ2v) is 6.97. The van der Waals surface area contributed by atoms with Crippen molar-refractivity contribution in [3.63, 3.8) is 0 Å². The van der Waals surface area contributed by atoms with Crippen LogP contribution in [-0.4, -0.2) is 45.6 Å². The summed E-state index contributed by atoms with van der Waals surface area (Å²) in [6.45, 7) is 0.0167. The minimum atomic E-state index is -1.09. The predicted molar refractivity (Wildman–Crippen MR) is 102 cm³/mol. The fraction of sp³-hybridized carbons (Fsp3) is 0.158. The third kappa shape index (κ3) is 4.15. The Morgan fingerprint density at radius 3 is 2.57 bits per heavy atom. The molecule has 0 bridgehead atoms. The van der Waals surface area contributed by atoms with Crippen LogP contribution in [0.4, 0.5) is 10.5 Å². The molecule has 2 aromatic carbocycles. The molecule has 1 fully saturated rings. The molecule has 0 spiro atoms. The van der Waals surface area contributed by atoms with Gasteiger partial charge in [0.2, 0.25) is 0 Å². The first-order chi connectivity index (χ1) is 13.4. The highest BCUT2D eigenvalue weighted by atomic mass is 32.2. The number of methoxy groups -OCH3 is 1. The van der Waals surface area contributed by atoms with Gasteiger partial charge in [0, 0.05) is 5.69 Å². The van der Waals surface area contributed by atoms with Crippen molar-refractivity contribution in [1.29, 1.82) is 0 Å². The largest absolute Gasteiger partial charge is 0.478 e. The minimum Gasteiger partial charge on any atom is -0.478 e. The van der Waals surface area contributed by atoms with Gasteiger partial charge < -0.3 is 15.2 Å². The molecule has 144 valence electrons. The van der Waals surface area contributed by atoms with Gasteiger partial charge in [-0.15, -0.1) is 0 Å². The van der Waals surface area contributed by atoms with Crippen LogP contribution in [0.3, 0.4) is 0 Å². The van der Waals surface area contributed by atoms with Crippen LogP contribution in [-0.2, 0) is 16.1 Å². The molecule has 1 unspecified atom stereocenters. The van der Waals surface area contributed by atoms with Crippen molar-refractivity contribution < 1.29 is 29.0 Å². The highest BCUT2D eigenvalue weighted by molar-refractivity contribution is 8.15. The van der Waals surface area contributed by atoms with Gasteiger partial charge in [-0.2, -0.15) is 0 Å². The Morgan fingerprint density at radius 2 is 1.86 bits per heavy atom. The van der Waals surface area contributed by atoms with Crippen LogP contribution >= 0.6 is 11.8 Å². The fourth-order valence-electron chi connectivity index (χ4n) is 2.67. The van der Waals surface area contributed by atoms with Gasteiger partial charge >= 0.3 is 11.9 Å². The summed E-state index contributed by atoms with van der Waals surface area (Å²) in [5, 5.41) is 10.6. The van der Waals surface area contributed by atoms with E-state index >= 15 is 0 Å². The maximum absolute atomic E-state index is 12.6. The Morgan fingerprint density at radius 1 is 1.14 bits per heavy atom. The monoisotopic (exact) mass is 400 g/mol. The van der Waals surface area contributed by atoms with Gasteiger partial charge in [-0.05, 0) is 47.7 Å². The number of benzene rings is 2. The van der Waals surface area contributed by atoms with E-state index in [0.29, 0.717) is 16.8 Å². The molecular weight excluding hydrogens is 384 g/mol. The summed E-state index contributed by atoms with van der Waals surface area (Å²) < 4.78 is 4.67. The number of carboxylic acids is 1. The number of carbonyl (C=O) groups excluding carboxylic acids is 3. The Hall–Kier alpha value is -3.33. The molecule has 0 saturated carbocycles. The number of thioether (sulfide) groups is 1. The second kappa shape index (κ2) is 8.13. The number of ether oxygens (including phenoxy) is 1. The molecule has 1 heterocycles. The van der Waals surface area contributed by atoms with Crippen molar-refractivity contribution in [2.45, 2.75) is 11.9 Å². The van der Waals surface area contributed by atoms with Crippen LogP contribution in [0.1, 0.15) is 26.3 Å². The molecule has 0 aliphatic carbocycles. The lowest BCUT2D eigenvalue weighted by Gasteiger charge is -2.15. The van der Waals surface area contributed by atoms with Gasteiger partial charge in [0.05, 0.1) is 24.8 Å². The van der Waals surface area contributed by atoms with E-state index < -0.39 is 28.5 Å². The van der Waals surface area contributed by atoms with E-state index in [-0.39, 0.29) is 12.1 Å². The Kier molecular flexibility index (Phi) is 5.65. The standard InChI is InChI=1S/C19H16N2O6S/c1-27-18(25)13-6-2-4-11(8-13)10-21-16(22)15(28-19(21)26)20-14-7-3-5-12(9-14)17(23)24/h2-9,15,20H,10H2,1H3,(H,23,24). The quantitative estimate of drug-likeness (QED) is 0.712. The number of nitrogens with zero attached hydrogens (tertiary/aromatic N) is 1. The number of esters is 1. The number of hydrogen-bond donors (Lipinski definition) is 2. The van der Waals surface area contributed by atoms with Crippen molar-refractivity contribution in [3.8, 4) is 0 Å². The molecule has 1 aliphatic heterocycles. The molecule has 1 aliphatic rings. The zero-order valence-electron chi connectivity index (χ0n) is 14.7. The van der Waals surface area contributed by atoms with Gasteiger partial charge in [0.15, 0.2) is 5.37 Å². The van der Waals surface area contributed by atoms with E-state index in [9.17, 15) is 19.2 Å². The van der Waals surface area contributed by atoms with E-state index in [1.807, 2.05) is 0 Å². The first-order valence-corrected chi connectivity index (χ1v) is 9.06. The Balaban J connectivity index is 1.73. The lowest BCUT2D eigenvalue weighted by Crippen LogP contribution is -2.34. The van der Waals surface area contributed by atoms with Crippen molar-refractivity contribution in [3.05, 3.63) is 65.2 Å². The Bertz CT molecular complexity index is 961. The van der Waals surface area contributed by atoms with Crippen molar-refractivity contribution in [2.75, 3.05) is 12.4 Å². The average molecular weight is 400 g/mol. The number of aromatic carboxylic acids is 1. The average Bonchev–Trinajstić information content (AvgIpc) is 2.95. The molecule has 2 N–H and O–H groups in total. The van der Waals surface area contributed by atoms with Crippen LogP contribution in [0.15, 0.2) is 48.5 Å². The van der Waals surface area contributed by atoms with Gasteiger partial charge in [0.25, 0.3) is 11.1 Å². The van der Waals surface area contributed by atoms with Crippen LogP contribution in [0.5, 0.6) is 0 Å². The van der Waals surface area contributed by atoms with E-state index in [1.165, 1.54) is 19.2 Å². The molecule has 2 aromatic rings. The predicted octanol–water partition coefficient (Wildman–Crippen LogP) is 2.81. The highest BCUT2D eigenvalue weighted by Crippen LogP contribution is 2.30. The molecule has 8 nitrogen and oxygen atoms in total. The normalized spacial score (nSPS) is 16.2. The molecule has 28 heavy (non-hydrogen) atoms. The summed E-state index contributed by atoms with van der Waals surface area (Å²) >= 11 is 0.812. The molecule has 9 heteroatoms. The fourth-order valence-corrected chi connectivity index (χ4v) is 3.58. The van der Waals surface area contributed by atoms with E-state index in [2.05, 4.69) is 10.1 Å². The summed E-state index contributed by atoms with van der Waals surface area (Å²) in [4.78, 5) is 48.7. The smallest absolute Gasteiger partial charge is 0.337 e. The molecule has 3 rings (SSSR count). The van der Waals surface area contributed by atoms with Crippen molar-refractivity contribution >= 4 is 40.5 Å². The van der Waals surface area contributed by atoms with Gasteiger partial charge in [0.1, 0.15) is 0 Å². The van der Waals surface area contributed by atoms with Crippen LogP contribution < -0.4 is 5.32 Å². The van der Waals surface area contributed by atoms with E-state index in [0.717, 1.165) is 16.7 Å². The zero-order valence-corrected chi connectivity index (χ0v) is 15.6. The highest BCUT2D eigenvalue weighted by Gasteiger charge is 2.39. The summed E-state index contributed by atoms with van der Waals surface area (Å²) in [5.41, 5.74) is 1.43. The lowest BCUT2D eigenvalue weighted by molar-refractivity contribution is -0.126. The number of rotatable bonds is 6. The first-order valence-electron chi connectivity index (χ1n) is 8.18. The van der Waals surface area contributed by atoms with Crippen LogP contribution in [0.2, 0.25) is 0 Å². The van der Waals surface area contributed by atoms with Crippen molar-refractivity contribution in [1.82, 2.24) is 4.90 Å². The van der Waals surface area contributed by atoms with Crippen LogP contribution in [0, 0.1) is 0 Å². The number of nitrogens with one attached hydrogen (secondary N) is 1. The maximum Gasteiger partial charge on any atom is 0.337 e. The molecule has 1 atom stereocenters. The zero-order chi connectivity index (χ0) is 20.3. The van der Waals surface area contributed by atoms with Gasteiger partial charge in [-0.3, -0.25) is 14.5 Å². The first kappa shape index (κ1) is 19.4. The number of carboxylic acid groups (broad SMARTS) is 1. The Labute approximate surface area is 164 Å². The molecule has 2 amide bonds. The number of carbonyl (C=O) groups is 4. The number of anilines is 1. The third-order valence-electron chi connectivity index (χ3n) is 4.03. The van der Waals surface area contributed by atoms with Crippen LogP contribution in [0.25, 0.3) is 0 Å². The number of hydrogen-bond acceptors (Lipinski definition) is 7. The number of amides is 2. The third-order valence-corrected chi connectivity index (χ3v) is 5.00. The topological polar surface area (TPSA) is 113 Å². The summed E-state index contributed by atoms with van der Waals surface area (Å²) in [7, 11) is 1.27. The maximum atomic E-state index is 12.6. The van der Waals surface area contributed by atoms with E-state index in [1.54, 1.807) is 36.4 Å². The number of imide groups is 1. The van der Waals surface area contributed by atoms with Gasteiger partial charge in [-0.25, -0.2) is 9.59 Å². The SMILES string of the molecule is COC(=O)c1cccc(CN2C(=O)SC(Nc3cccc(C(=O)O)c3)C2=O)c1. The summed E-state index contributed by atoms with van der Waals surface area (Å²) in [6.07, 6.45) is 0. The molecular formula is C19H16N2O6S. The second-order valence-electron chi connectivity index (χ2n) is 5.91. The van der Waals surface area contributed by atoms with Crippen molar-refractivity contribution in [2.24, 2.45) is 0 Å². The summed E-state index contributed by atoms with van der Waals surface area (Å²) in [5.74, 6) is -2.04. The minimum absolute atomic E-state index is 0.0167. The molecule has 1 saturated heterocycles. The molecule has 0 radical (unpaired) electrons. The van der Waals surface area contributed by atoms with Gasteiger partial charge in [-0.1, -0.05) is 18.2 Å². The summed E-state index contributed by atoms with van der Waals surface area (Å²) in [6, 6.07) is 12.5.